The maximum Gasteiger partial charge on any atom is 0.267 e. The summed E-state index contributed by atoms with van der Waals surface area (Å²) in [5.41, 5.74) is 1.43. The van der Waals surface area contributed by atoms with Crippen molar-refractivity contribution < 1.29 is 14.9 Å². The average Bonchev–Trinajstić information content (AvgIpc) is 2.59. The number of hydrogen-bond acceptors (Lipinski definition) is 5. The Balaban J connectivity index is 2.68. The van der Waals surface area contributed by atoms with Gasteiger partial charge in [-0.3, -0.25) is 14.8 Å². The average molecular weight is 326 g/mol. The second kappa shape index (κ2) is 6.07. The van der Waals surface area contributed by atoms with Crippen molar-refractivity contribution in [2.24, 2.45) is 0 Å². The van der Waals surface area contributed by atoms with Crippen LogP contribution in [0.25, 0.3) is 21.7 Å². The molecule has 1 unspecified atom stereocenters. The molecular weight excluding hydrogens is 308 g/mol. The lowest BCUT2D eigenvalue weighted by atomic mass is 9.96. The molecular formula is C18H18N2O4. The number of aromatic nitrogens is 1. The van der Waals surface area contributed by atoms with Crippen molar-refractivity contribution in [1.29, 1.82) is 0 Å². The number of carbonyl (C=O) groups is 1. The molecule has 2 aromatic carbocycles. The van der Waals surface area contributed by atoms with Crippen molar-refractivity contribution in [3.63, 3.8) is 0 Å². The first kappa shape index (κ1) is 16.2. The van der Waals surface area contributed by atoms with Crippen LogP contribution in [0.3, 0.4) is 0 Å². The molecule has 1 aromatic heterocycles. The molecule has 0 aliphatic rings. The summed E-state index contributed by atoms with van der Waals surface area (Å²) in [6.07, 6.45) is -0.616. The second-order valence-corrected chi connectivity index (χ2v) is 5.63. The highest BCUT2D eigenvalue weighted by molar-refractivity contribution is 6.13. The molecule has 124 valence electrons. The standard InChI is InChI=1S/C18H18N2O4/c1-10(24-23)12-8-9-14(19-3)17-16(12)13-6-4-5-7-15(13)20(11(2)21)18(17)22/h4-10,19,23H,1-3H3. The third-order valence-electron chi connectivity index (χ3n) is 4.25. The Kier molecular flexibility index (Phi) is 4.09. The SMILES string of the molecule is CNc1ccc(C(C)OO)c2c1c(=O)n(C(C)=O)c1ccccc21. The van der Waals surface area contributed by atoms with Gasteiger partial charge in [-0.15, -0.1) is 0 Å². The van der Waals surface area contributed by atoms with Crippen molar-refractivity contribution in [2.45, 2.75) is 20.0 Å². The molecule has 0 bridgehead atoms. The minimum absolute atomic E-state index is 0.350. The van der Waals surface area contributed by atoms with Crippen LogP contribution in [-0.2, 0) is 4.89 Å². The van der Waals surface area contributed by atoms with Gasteiger partial charge in [-0.25, -0.2) is 9.45 Å². The van der Waals surface area contributed by atoms with Crippen LogP contribution in [0.1, 0.15) is 30.3 Å². The fourth-order valence-corrected chi connectivity index (χ4v) is 3.15. The van der Waals surface area contributed by atoms with E-state index in [0.717, 1.165) is 5.39 Å². The number of hydrogen-bond donors (Lipinski definition) is 2. The van der Waals surface area contributed by atoms with Gasteiger partial charge in [0, 0.05) is 30.4 Å². The lowest BCUT2D eigenvalue weighted by molar-refractivity contribution is -0.276. The topological polar surface area (TPSA) is 80.6 Å². The smallest absolute Gasteiger partial charge is 0.267 e. The number of nitrogens with one attached hydrogen (secondary N) is 1. The zero-order valence-corrected chi connectivity index (χ0v) is 13.7. The van der Waals surface area contributed by atoms with Gasteiger partial charge in [-0.1, -0.05) is 24.3 Å². The first-order chi connectivity index (χ1) is 11.5. The van der Waals surface area contributed by atoms with Crippen molar-refractivity contribution >= 4 is 33.3 Å². The molecule has 6 nitrogen and oxygen atoms in total. The van der Waals surface area contributed by atoms with Crippen molar-refractivity contribution in [2.75, 3.05) is 12.4 Å². The van der Waals surface area contributed by atoms with Crippen molar-refractivity contribution in [3.8, 4) is 0 Å². The van der Waals surface area contributed by atoms with E-state index in [4.69, 9.17) is 5.26 Å². The van der Waals surface area contributed by atoms with Gasteiger partial charge < -0.3 is 5.32 Å². The molecule has 0 fully saturated rings. The Morgan fingerprint density at radius 1 is 1.21 bits per heavy atom. The quantitative estimate of drug-likeness (QED) is 0.438. The van der Waals surface area contributed by atoms with Crippen LogP contribution < -0.4 is 10.9 Å². The van der Waals surface area contributed by atoms with E-state index < -0.39 is 11.7 Å². The molecule has 0 spiro atoms. The molecule has 0 amide bonds. The van der Waals surface area contributed by atoms with Gasteiger partial charge >= 0.3 is 0 Å². The van der Waals surface area contributed by atoms with E-state index in [1.54, 1.807) is 38.2 Å². The largest absolute Gasteiger partial charge is 0.387 e. The van der Waals surface area contributed by atoms with E-state index in [-0.39, 0.29) is 5.91 Å². The maximum atomic E-state index is 13.0. The van der Waals surface area contributed by atoms with E-state index in [1.807, 2.05) is 12.1 Å². The lowest BCUT2D eigenvalue weighted by Crippen LogP contribution is -2.26. The summed E-state index contributed by atoms with van der Waals surface area (Å²) < 4.78 is 1.17. The highest BCUT2D eigenvalue weighted by atomic mass is 17.1. The number of pyridine rings is 1. The zero-order chi connectivity index (χ0) is 17.4. The van der Waals surface area contributed by atoms with Gasteiger partial charge in [0.15, 0.2) is 0 Å². The third kappa shape index (κ3) is 2.28. The summed E-state index contributed by atoms with van der Waals surface area (Å²) in [4.78, 5) is 29.6. The number of rotatable bonds is 3. The third-order valence-corrected chi connectivity index (χ3v) is 4.25. The Bertz CT molecular complexity index is 1010. The Morgan fingerprint density at radius 2 is 1.92 bits per heavy atom. The van der Waals surface area contributed by atoms with Crippen molar-refractivity contribution in [1.82, 2.24) is 4.57 Å². The maximum absolute atomic E-state index is 13.0. The van der Waals surface area contributed by atoms with E-state index in [0.29, 0.717) is 27.5 Å². The Hall–Kier alpha value is -2.70. The molecule has 0 saturated carbocycles. The molecule has 0 radical (unpaired) electrons. The van der Waals surface area contributed by atoms with Crippen LogP contribution in [0.15, 0.2) is 41.2 Å². The van der Waals surface area contributed by atoms with Gasteiger partial charge in [0.05, 0.1) is 10.9 Å². The molecule has 3 aromatic rings. The van der Waals surface area contributed by atoms with Gasteiger partial charge in [0.1, 0.15) is 6.10 Å². The summed E-state index contributed by atoms with van der Waals surface area (Å²) >= 11 is 0. The predicted octanol–water partition coefficient (Wildman–Crippen LogP) is 3.41. The summed E-state index contributed by atoms with van der Waals surface area (Å²) in [6.45, 7) is 3.06. The van der Waals surface area contributed by atoms with Crippen LogP contribution in [0.2, 0.25) is 0 Å². The van der Waals surface area contributed by atoms with E-state index in [2.05, 4.69) is 10.2 Å². The fourth-order valence-electron chi connectivity index (χ4n) is 3.15. The van der Waals surface area contributed by atoms with Gasteiger partial charge in [0.2, 0.25) is 5.91 Å². The van der Waals surface area contributed by atoms with E-state index in [1.165, 1.54) is 11.5 Å². The monoisotopic (exact) mass is 326 g/mol. The molecule has 6 heteroatoms. The summed E-state index contributed by atoms with van der Waals surface area (Å²) in [5, 5.41) is 13.9. The predicted molar refractivity (Wildman–Crippen MR) is 93.7 cm³/mol. The lowest BCUT2D eigenvalue weighted by Gasteiger charge is -2.18. The molecule has 2 N–H and O–H groups in total. The van der Waals surface area contributed by atoms with E-state index in [9.17, 15) is 9.59 Å². The Labute approximate surface area is 138 Å². The normalized spacial score (nSPS) is 12.5. The highest BCUT2D eigenvalue weighted by Gasteiger charge is 2.20. The number of carbonyl (C=O) groups excluding carboxylic acids is 1. The minimum atomic E-state index is -0.616. The number of fused-ring (bicyclic) bond motifs is 3. The zero-order valence-electron chi connectivity index (χ0n) is 13.7. The number of anilines is 1. The molecule has 1 atom stereocenters. The Morgan fingerprint density at radius 3 is 2.54 bits per heavy atom. The number of benzene rings is 2. The van der Waals surface area contributed by atoms with Crippen molar-refractivity contribution in [3.05, 3.63) is 52.3 Å². The molecule has 1 heterocycles. The second-order valence-electron chi connectivity index (χ2n) is 5.63. The van der Waals surface area contributed by atoms with E-state index >= 15 is 0 Å². The summed E-state index contributed by atoms with van der Waals surface area (Å²) in [6, 6.07) is 10.8. The number of para-hydroxylation sites is 1. The molecule has 0 saturated heterocycles. The molecule has 0 aliphatic heterocycles. The first-order valence-electron chi connectivity index (χ1n) is 7.60. The molecule has 0 aliphatic carbocycles. The number of nitrogens with zero attached hydrogens (tertiary/aromatic N) is 1. The first-order valence-corrected chi connectivity index (χ1v) is 7.60. The summed E-state index contributed by atoms with van der Waals surface area (Å²) in [5.74, 6) is -0.350. The minimum Gasteiger partial charge on any atom is -0.387 e. The van der Waals surface area contributed by atoms with Crippen LogP contribution in [0.5, 0.6) is 0 Å². The van der Waals surface area contributed by atoms with Crippen LogP contribution in [0, 0.1) is 0 Å². The van der Waals surface area contributed by atoms with Crippen LogP contribution >= 0.6 is 0 Å². The van der Waals surface area contributed by atoms with Crippen LogP contribution in [0.4, 0.5) is 5.69 Å². The summed E-state index contributed by atoms with van der Waals surface area (Å²) in [7, 11) is 1.72. The van der Waals surface area contributed by atoms with Gasteiger partial charge in [0.25, 0.3) is 5.56 Å². The molecule has 3 rings (SSSR count). The highest BCUT2D eigenvalue weighted by Crippen LogP contribution is 2.34. The van der Waals surface area contributed by atoms with Gasteiger partial charge in [-0.05, 0) is 24.6 Å². The van der Waals surface area contributed by atoms with Gasteiger partial charge in [-0.2, -0.15) is 0 Å². The molecule has 24 heavy (non-hydrogen) atoms. The fraction of sp³-hybridized carbons (Fsp3) is 0.222. The van der Waals surface area contributed by atoms with Crippen LogP contribution in [-0.4, -0.2) is 22.8 Å².